The first kappa shape index (κ1) is 25.8. The predicted octanol–water partition coefficient (Wildman–Crippen LogP) is 3.83. The summed E-state index contributed by atoms with van der Waals surface area (Å²) in [5, 5.41) is 2.29. The third kappa shape index (κ3) is 5.16. The van der Waals surface area contributed by atoms with E-state index in [-0.39, 0.29) is 41.7 Å². The highest BCUT2D eigenvalue weighted by Gasteiger charge is 2.57. The maximum absolute atomic E-state index is 11.8. The molecule has 4 atom stereocenters. The zero-order valence-corrected chi connectivity index (χ0v) is 22.3. The molecule has 2 heterocycles. The lowest BCUT2D eigenvalue weighted by atomic mass is 10.0. The smallest absolute Gasteiger partial charge is 0.261 e. The Morgan fingerprint density at radius 3 is 1.97 bits per heavy atom. The van der Waals surface area contributed by atoms with Crippen LogP contribution in [0.25, 0.3) is 0 Å². The van der Waals surface area contributed by atoms with Crippen LogP contribution in [0.4, 0.5) is 0 Å². The van der Waals surface area contributed by atoms with Gasteiger partial charge in [-0.1, -0.05) is 81.4 Å². The fourth-order valence-corrected chi connectivity index (χ4v) is 10.0. The standard InChI is InChI=1S/C29H36O5Si/c1-7-21(30)18-19-24-26-27(34-29(5,6)33-26)25(32-24)20-31-35(28(2,3)4,22-14-10-8-11-15-22)23-16-12-9-13-17-23/h1,8-17,24-27H,18-20H2,2-6H3/t24-,25+,26-,27+/m0/s1. The van der Waals surface area contributed by atoms with E-state index in [1.54, 1.807) is 0 Å². The minimum absolute atomic E-state index is 0.140. The number of terminal acetylenes is 1. The van der Waals surface area contributed by atoms with Gasteiger partial charge in [0.05, 0.1) is 12.7 Å². The van der Waals surface area contributed by atoms with Gasteiger partial charge in [0.2, 0.25) is 5.78 Å². The highest BCUT2D eigenvalue weighted by molar-refractivity contribution is 6.99. The molecule has 0 unspecified atom stereocenters. The van der Waals surface area contributed by atoms with Crippen molar-refractivity contribution in [3.8, 4) is 12.3 Å². The molecule has 186 valence electrons. The van der Waals surface area contributed by atoms with Crippen molar-refractivity contribution in [3.05, 3.63) is 60.7 Å². The van der Waals surface area contributed by atoms with Gasteiger partial charge in [0.15, 0.2) is 5.79 Å². The Morgan fingerprint density at radius 2 is 1.49 bits per heavy atom. The minimum atomic E-state index is -2.72. The van der Waals surface area contributed by atoms with E-state index < -0.39 is 14.1 Å². The van der Waals surface area contributed by atoms with Crippen molar-refractivity contribution < 1.29 is 23.4 Å². The van der Waals surface area contributed by atoms with Crippen LogP contribution in [-0.4, -0.2) is 50.9 Å². The maximum Gasteiger partial charge on any atom is 0.261 e. The van der Waals surface area contributed by atoms with E-state index in [9.17, 15) is 4.79 Å². The van der Waals surface area contributed by atoms with E-state index in [4.69, 9.17) is 25.1 Å². The predicted molar refractivity (Wildman–Crippen MR) is 139 cm³/mol. The minimum Gasteiger partial charge on any atom is -0.405 e. The molecule has 0 bridgehead atoms. The molecule has 0 N–H and O–H groups in total. The molecule has 2 aliphatic heterocycles. The number of Topliss-reactive ketones (excluding diaryl/α,β-unsaturated/α-hetero) is 1. The molecule has 0 radical (unpaired) electrons. The van der Waals surface area contributed by atoms with Crippen molar-refractivity contribution in [2.24, 2.45) is 0 Å². The number of rotatable bonds is 8. The van der Waals surface area contributed by atoms with Crippen LogP contribution in [0.15, 0.2) is 60.7 Å². The Morgan fingerprint density at radius 1 is 0.971 bits per heavy atom. The molecule has 5 nitrogen and oxygen atoms in total. The number of ether oxygens (including phenoxy) is 3. The summed E-state index contributed by atoms with van der Waals surface area (Å²) in [7, 11) is -2.72. The number of carbonyl (C=O) groups is 1. The summed E-state index contributed by atoms with van der Waals surface area (Å²) < 4.78 is 26.0. The van der Waals surface area contributed by atoms with E-state index in [0.717, 1.165) is 0 Å². The molecule has 0 spiro atoms. The molecule has 2 aromatic rings. The third-order valence-corrected chi connectivity index (χ3v) is 11.9. The highest BCUT2D eigenvalue weighted by atomic mass is 28.4. The Balaban J connectivity index is 1.65. The first-order valence-electron chi connectivity index (χ1n) is 12.3. The van der Waals surface area contributed by atoms with Crippen LogP contribution in [0.3, 0.4) is 0 Å². The molecule has 2 saturated heterocycles. The number of hydrogen-bond donors (Lipinski definition) is 0. The van der Waals surface area contributed by atoms with Crippen molar-refractivity contribution in [2.75, 3.05) is 6.61 Å². The zero-order chi connectivity index (χ0) is 25.3. The summed E-state index contributed by atoms with van der Waals surface area (Å²) >= 11 is 0. The van der Waals surface area contributed by atoms with E-state index in [1.807, 2.05) is 26.0 Å². The summed E-state index contributed by atoms with van der Waals surface area (Å²) in [6, 6.07) is 21.1. The van der Waals surface area contributed by atoms with E-state index in [1.165, 1.54) is 10.4 Å². The SMILES string of the molecule is C#CC(=O)CC[C@@H]1O[C@H](CO[Si](c2ccccc2)(c2ccccc2)C(C)(C)C)[C@H]2OC(C)(C)O[C@H]21. The number of hydrogen-bond acceptors (Lipinski definition) is 5. The molecule has 0 aromatic heterocycles. The summed E-state index contributed by atoms with van der Waals surface area (Å²) in [5.41, 5.74) is 0. The van der Waals surface area contributed by atoms with Gasteiger partial charge in [0, 0.05) is 6.42 Å². The van der Waals surface area contributed by atoms with Gasteiger partial charge in [-0.3, -0.25) is 4.79 Å². The molecule has 4 rings (SSSR count). The van der Waals surface area contributed by atoms with Gasteiger partial charge in [-0.25, -0.2) is 0 Å². The van der Waals surface area contributed by atoms with Gasteiger partial charge in [0.1, 0.15) is 18.3 Å². The quantitative estimate of drug-likeness (QED) is 0.319. The van der Waals surface area contributed by atoms with Crippen LogP contribution in [0, 0.1) is 12.3 Å². The van der Waals surface area contributed by atoms with Crippen LogP contribution >= 0.6 is 0 Å². The van der Waals surface area contributed by atoms with Crippen LogP contribution in [0.1, 0.15) is 47.5 Å². The van der Waals surface area contributed by atoms with Crippen LogP contribution in [0.5, 0.6) is 0 Å². The van der Waals surface area contributed by atoms with Crippen molar-refractivity contribution in [3.63, 3.8) is 0 Å². The van der Waals surface area contributed by atoms with Gasteiger partial charge in [-0.05, 0) is 41.6 Å². The molecule has 0 saturated carbocycles. The maximum atomic E-state index is 11.8. The Hall–Kier alpha value is -2.27. The van der Waals surface area contributed by atoms with Crippen LogP contribution in [0.2, 0.25) is 5.04 Å². The Bertz CT molecular complexity index is 1010. The zero-order valence-electron chi connectivity index (χ0n) is 21.3. The molecule has 0 aliphatic carbocycles. The number of ketones is 1. The molecule has 2 aromatic carbocycles. The fraction of sp³-hybridized carbons (Fsp3) is 0.483. The van der Waals surface area contributed by atoms with Crippen molar-refractivity contribution in [2.45, 2.75) is 82.7 Å². The van der Waals surface area contributed by atoms with Crippen molar-refractivity contribution in [1.29, 1.82) is 0 Å². The van der Waals surface area contributed by atoms with E-state index >= 15 is 0 Å². The van der Waals surface area contributed by atoms with Crippen molar-refractivity contribution >= 4 is 24.5 Å². The second-order valence-electron chi connectivity index (χ2n) is 10.9. The second kappa shape index (κ2) is 10.0. The van der Waals surface area contributed by atoms with Gasteiger partial charge in [-0.2, -0.15) is 0 Å². The molecule has 35 heavy (non-hydrogen) atoms. The summed E-state index contributed by atoms with van der Waals surface area (Å²) in [6.07, 6.45) is 4.92. The molecule has 0 amide bonds. The van der Waals surface area contributed by atoms with Crippen LogP contribution in [-0.2, 0) is 23.4 Å². The number of fused-ring (bicyclic) bond motifs is 1. The summed E-state index contributed by atoms with van der Waals surface area (Å²) in [4.78, 5) is 11.8. The first-order chi connectivity index (χ1) is 16.6. The van der Waals surface area contributed by atoms with Crippen molar-refractivity contribution in [1.82, 2.24) is 0 Å². The largest absolute Gasteiger partial charge is 0.405 e. The number of benzene rings is 2. The van der Waals surface area contributed by atoms with E-state index in [2.05, 4.69) is 75.2 Å². The lowest BCUT2D eigenvalue weighted by Crippen LogP contribution is -2.67. The van der Waals surface area contributed by atoms with Gasteiger partial charge < -0.3 is 18.6 Å². The highest BCUT2D eigenvalue weighted by Crippen LogP contribution is 2.42. The molecule has 2 aliphatic rings. The Kier molecular flexibility index (Phi) is 7.38. The molecular formula is C29H36O5Si. The average molecular weight is 493 g/mol. The van der Waals surface area contributed by atoms with Gasteiger partial charge >= 0.3 is 0 Å². The normalized spacial score (nSPS) is 25.7. The third-order valence-electron chi connectivity index (χ3n) is 6.94. The molecule has 6 heteroatoms. The first-order valence-corrected chi connectivity index (χ1v) is 14.2. The lowest BCUT2D eigenvalue weighted by molar-refractivity contribution is -0.190. The number of carbonyl (C=O) groups excluding carboxylic acids is 1. The monoisotopic (exact) mass is 492 g/mol. The summed E-state index contributed by atoms with van der Waals surface area (Å²) in [6.45, 7) is 11.0. The fourth-order valence-electron chi connectivity index (χ4n) is 5.45. The van der Waals surface area contributed by atoms with Crippen LogP contribution < -0.4 is 10.4 Å². The molecule has 2 fully saturated rings. The van der Waals surface area contributed by atoms with E-state index in [0.29, 0.717) is 13.0 Å². The topological polar surface area (TPSA) is 54.0 Å². The van der Waals surface area contributed by atoms with Gasteiger partial charge in [-0.15, -0.1) is 6.42 Å². The average Bonchev–Trinajstić information content (AvgIpc) is 3.31. The second-order valence-corrected chi connectivity index (χ2v) is 15.2. The summed E-state index contributed by atoms with van der Waals surface area (Å²) in [5.74, 6) is 1.24. The molecular weight excluding hydrogens is 456 g/mol. The lowest BCUT2D eigenvalue weighted by Gasteiger charge is -2.43. The Labute approximate surface area is 210 Å². The van der Waals surface area contributed by atoms with Gasteiger partial charge in [0.25, 0.3) is 8.32 Å².